The van der Waals surface area contributed by atoms with Crippen LogP contribution in [0.25, 0.3) is 67.1 Å². The quantitative estimate of drug-likeness (QED) is 0.221. The summed E-state index contributed by atoms with van der Waals surface area (Å²) in [6, 6.07) is 39.0. The van der Waals surface area contributed by atoms with Crippen LogP contribution in [0.4, 0.5) is 0 Å². The fraction of sp³-hybridized carbons (Fsp3) is 0.0571. The van der Waals surface area contributed by atoms with E-state index in [0.717, 1.165) is 61.0 Å². The molecule has 0 saturated carbocycles. The molecule has 0 spiro atoms. The fourth-order valence-electron chi connectivity index (χ4n) is 5.16. The average Bonchev–Trinajstić information content (AvgIpc) is 3.01. The highest BCUT2D eigenvalue weighted by molar-refractivity contribution is 6.09. The monoisotopic (exact) mass is 515 g/mol. The van der Waals surface area contributed by atoms with Gasteiger partial charge in [-0.2, -0.15) is 0 Å². The first kappa shape index (κ1) is 23.8. The molecule has 0 aliphatic heterocycles. The molecule has 7 aromatic rings. The predicted octanol–water partition coefficient (Wildman–Crippen LogP) is 8.25. The Kier molecular flexibility index (Phi) is 5.82. The van der Waals surface area contributed by atoms with Gasteiger partial charge in [0, 0.05) is 38.9 Å². The van der Waals surface area contributed by atoms with Crippen LogP contribution in [-0.4, -0.2) is 24.9 Å². The number of aromatic nitrogens is 5. The molecule has 4 aromatic carbocycles. The van der Waals surface area contributed by atoms with Gasteiger partial charge in [-0.25, -0.2) is 15.0 Å². The topological polar surface area (TPSA) is 64.5 Å². The molecule has 7 rings (SSSR count). The summed E-state index contributed by atoms with van der Waals surface area (Å²) >= 11 is 0. The lowest BCUT2D eigenvalue weighted by molar-refractivity contribution is 1.07. The highest BCUT2D eigenvalue weighted by Gasteiger charge is 2.18. The first-order valence-corrected chi connectivity index (χ1v) is 13.3. The smallest absolute Gasteiger partial charge is 0.164 e. The Balaban J connectivity index is 1.49. The molecule has 3 heterocycles. The molecule has 5 heteroatoms. The molecule has 190 valence electrons. The molecule has 0 aliphatic rings. The van der Waals surface area contributed by atoms with Crippen LogP contribution in [0, 0.1) is 13.8 Å². The Hall–Kier alpha value is -5.29. The number of hydrogen-bond acceptors (Lipinski definition) is 5. The second kappa shape index (κ2) is 9.79. The van der Waals surface area contributed by atoms with Crippen LogP contribution >= 0.6 is 0 Å². The van der Waals surface area contributed by atoms with E-state index >= 15 is 0 Å². The van der Waals surface area contributed by atoms with E-state index in [4.69, 9.17) is 24.9 Å². The van der Waals surface area contributed by atoms with Gasteiger partial charge in [0.05, 0.1) is 11.0 Å². The highest BCUT2D eigenvalue weighted by atomic mass is 15.0. The highest BCUT2D eigenvalue weighted by Crippen LogP contribution is 2.37. The van der Waals surface area contributed by atoms with Gasteiger partial charge in [-0.3, -0.25) is 9.97 Å². The zero-order chi connectivity index (χ0) is 27.1. The summed E-state index contributed by atoms with van der Waals surface area (Å²) in [5.41, 5.74) is 8.65. The SMILES string of the molecule is Cc1ccc2ccc3c(-c4ccccc4-c4nc(-c5ccccc5)nc(-c5ccccc5)n4)cc(C)nc3c2n1. The van der Waals surface area contributed by atoms with Crippen LogP contribution in [0.15, 0.2) is 115 Å². The van der Waals surface area contributed by atoms with Gasteiger partial charge >= 0.3 is 0 Å². The van der Waals surface area contributed by atoms with E-state index in [0.29, 0.717) is 17.5 Å². The van der Waals surface area contributed by atoms with Crippen LogP contribution in [0.2, 0.25) is 0 Å². The largest absolute Gasteiger partial charge is 0.251 e. The number of aryl methyl sites for hydroxylation is 2. The van der Waals surface area contributed by atoms with Crippen molar-refractivity contribution < 1.29 is 0 Å². The molecule has 40 heavy (non-hydrogen) atoms. The molecular weight excluding hydrogens is 490 g/mol. The summed E-state index contributed by atoms with van der Waals surface area (Å²) in [4.78, 5) is 24.7. The standard InChI is InChI=1S/C35H25N5/c1-22-17-18-24-19-20-28-30(21-23(2)37-32(28)31(24)36-22)27-15-9-10-16-29(27)35-39-33(25-11-5-3-6-12-25)38-34(40-35)26-13-7-4-8-14-26/h3-21H,1-2H3. The van der Waals surface area contributed by atoms with E-state index in [1.165, 1.54) is 0 Å². The van der Waals surface area contributed by atoms with Gasteiger partial charge in [-0.15, -0.1) is 0 Å². The van der Waals surface area contributed by atoms with Crippen molar-refractivity contribution in [3.8, 4) is 45.3 Å². The molecule has 0 aliphatic carbocycles. The second-order valence-electron chi connectivity index (χ2n) is 9.88. The number of fused-ring (bicyclic) bond motifs is 3. The normalized spacial score (nSPS) is 11.2. The minimum Gasteiger partial charge on any atom is -0.251 e. The fourth-order valence-corrected chi connectivity index (χ4v) is 5.16. The number of benzene rings is 4. The van der Waals surface area contributed by atoms with Crippen molar-refractivity contribution in [2.24, 2.45) is 0 Å². The Morgan fingerprint density at radius 2 is 0.950 bits per heavy atom. The molecule has 0 saturated heterocycles. The van der Waals surface area contributed by atoms with Crippen molar-refractivity contribution in [3.63, 3.8) is 0 Å². The molecule has 0 atom stereocenters. The molecule has 0 bridgehead atoms. The summed E-state index contributed by atoms with van der Waals surface area (Å²) in [7, 11) is 0. The summed E-state index contributed by atoms with van der Waals surface area (Å²) in [6.45, 7) is 4.05. The second-order valence-corrected chi connectivity index (χ2v) is 9.88. The first-order chi connectivity index (χ1) is 19.6. The van der Waals surface area contributed by atoms with Gasteiger partial charge < -0.3 is 0 Å². The van der Waals surface area contributed by atoms with Crippen LogP contribution in [-0.2, 0) is 0 Å². The van der Waals surface area contributed by atoms with E-state index < -0.39 is 0 Å². The molecular formula is C35H25N5. The number of pyridine rings is 2. The van der Waals surface area contributed by atoms with Gasteiger partial charge in [0.1, 0.15) is 0 Å². The third-order valence-electron chi connectivity index (χ3n) is 7.06. The molecule has 0 N–H and O–H groups in total. The van der Waals surface area contributed by atoms with Crippen molar-refractivity contribution in [1.82, 2.24) is 24.9 Å². The first-order valence-electron chi connectivity index (χ1n) is 13.3. The van der Waals surface area contributed by atoms with Crippen LogP contribution in [0.5, 0.6) is 0 Å². The third-order valence-corrected chi connectivity index (χ3v) is 7.06. The molecule has 0 unspecified atom stereocenters. The van der Waals surface area contributed by atoms with Gasteiger partial charge in [0.15, 0.2) is 17.5 Å². The molecule has 0 radical (unpaired) electrons. The minimum atomic E-state index is 0.626. The van der Waals surface area contributed by atoms with E-state index in [2.05, 4.69) is 42.5 Å². The Bertz CT molecular complexity index is 1960. The van der Waals surface area contributed by atoms with Gasteiger partial charge in [0.25, 0.3) is 0 Å². The Morgan fingerprint density at radius 3 is 1.62 bits per heavy atom. The molecule has 0 amide bonds. The lowest BCUT2D eigenvalue weighted by Gasteiger charge is -2.15. The lowest BCUT2D eigenvalue weighted by Crippen LogP contribution is -2.01. The predicted molar refractivity (Wildman–Crippen MR) is 162 cm³/mol. The molecule has 0 fully saturated rings. The van der Waals surface area contributed by atoms with Crippen molar-refractivity contribution >= 4 is 21.8 Å². The van der Waals surface area contributed by atoms with E-state index in [-0.39, 0.29) is 0 Å². The summed E-state index contributed by atoms with van der Waals surface area (Å²) in [5.74, 6) is 1.90. The van der Waals surface area contributed by atoms with E-state index in [1.54, 1.807) is 0 Å². The summed E-state index contributed by atoms with van der Waals surface area (Å²) in [6.07, 6.45) is 0. The Morgan fingerprint density at radius 1 is 0.400 bits per heavy atom. The van der Waals surface area contributed by atoms with Gasteiger partial charge in [0.2, 0.25) is 0 Å². The Labute approximate surface area is 232 Å². The number of nitrogens with zero attached hydrogens (tertiary/aromatic N) is 5. The third kappa shape index (κ3) is 4.28. The maximum atomic E-state index is 5.00. The van der Waals surface area contributed by atoms with Gasteiger partial charge in [-0.05, 0) is 37.1 Å². The lowest BCUT2D eigenvalue weighted by atomic mass is 9.94. The van der Waals surface area contributed by atoms with Crippen LogP contribution in [0.3, 0.4) is 0 Å². The maximum Gasteiger partial charge on any atom is 0.164 e. The molecule has 3 aromatic heterocycles. The average molecular weight is 516 g/mol. The van der Waals surface area contributed by atoms with Crippen LogP contribution < -0.4 is 0 Å². The van der Waals surface area contributed by atoms with E-state index in [9.17, 15) is 0 Å². The van der Waals surface area contributed by atoms with Gasteiger partial charge in [-0.1, -0.05) is 103 Å². The zero-order valence-corrected chi connectivity index (χ0v) is 22.2. The molecule has 5 nitrogen and oxygen atoms in total. The maximum absolute atomic E-state index is 5.00. The summed E-state index contributed by atoms with van der Waals surface area (Å²) in [5, 5.41) is 2.12. The van der Waals surface area contributed by atoms with E-state index in [1.807, 2.05) is 86.6 Å². The number of rotatable bonds is 4. The van der Waals surface area contributed by atoms with Crippen molar-refractivity contribution in [2.75, 3.05) is 0 Å². The summed E-state index contributed by atoms with van der Waals surface area (Å²) < 4.78 is 0. The van der Waals surface area contributed by atoms with Crippen LogP contribution in [0.1, 0.15) is 11.4 Å². The van der Waals surface area contributed by atoms with Crippen molar-refractivity contribution in [2.45, 2.75) is 13.8 Å². The minimum absolute atomic E-state index is 0.626. The number of hydrogen-bond donors (Lipinski definition) is 0. The zero-order valence-electron chi connectivity index (χ0n) is 22.2. The van der Waals surface area contributed by atoms with Crippen molar-refractivity contribution in [1.29, 1.82) is 0 Å². The van der Waals surface area contributed by atoms with Crippen molar-refractivity contribution in [3.05, 3.63) is 127 Å².